The van der Waals surface area contributed by atoms with Gasteiger partial charge in [-0.15, -0.1) is 0 Å². The number of hydrogen-bond acceptors (Lipinski definition) is 3. The van der Waals surface area contributed by atoms with Gasteiger partial charge >= 0.3 is 0 Å². The van der Waals surface area contributed by atoms with Gasteiger partial charge in [-0.1, -0.05) is 11.6 Å². The van der Waals surface area contributed by atoms with Crippen LogP contribution < -0.4 is 20.5 Å². The minimum absolute atomic E-state index is 0.287. The lowest BCUT2D eigenvalue weighted by Crippen LogP contribution is -2.45. The summed E-state index contributed by atoms with van der Waals surface area (Å²) in [6.07, 6.45) is 0. The van der Waals surface area contributed by atoms with Crippen LogP contribution in [0.4, 0.5) is 5.69 Å². The standard InChI is InChI=1S/C11H14ClN3OS/c1-11(2)13-10(17)15(14-11)8-6-7(12)4-5-9(8)16-3/h4-6,14H,1-3H3,(H,13,17). The van der Waals surface area contributed by atoms with Gasteiger partial charge in [0.15, 0.2) is 5.11 Å². The zero-order valence-corrected chi connectivity index (χ0v) is 11.4. The largest absolute Gasteiger partial charge is 0.495 e. The summed E-state index contributed by atoms with van der Waals surface area (Å²) in [5.41, 5.74) is 3.75. The van der Waals surface area contributed by atoms with Gasteiger partial charge in [-0.05, 0) is 44.3 Å². The van der Waals surface area contributed by atoms with Crippen LogP contribution in [0.1, 0.15) is 13.8 Å². The molecule has 0 aromatic heterocycles. The molecule has 1 aromatic carbocycles. The van der Waals surface area contributed by atoms with Gasteiger partial charge in [0.1, 0.15) is 17.1 Å². The summed E-state index contributed by atoms with van der Waals surface area (Å²) >= 11 is 11.3. The number of hydrazine groups is 1. The first-order chi connectivity index (χ1) is 7.93. The lowest BCUT2D eigenvalue weighted by Gasteiger charge is -2.22. The molecule has 0 radical (unpaired) electrons. The van der Waals surface area contributed by atoms with Crippen molar-refractivity contribution in [3.8, 4) is 5.75 Å². The highest BCUT2D eigenvalue weighted by Crippen LogP contribution is 2.32. The summed E-state index contributed by atoms with van der Waals surface area (Å²) in [5, 5.41) is 6.15. The maximum absolute atomic E-state index is 6.00. The summed E-state index contributed by atoms with van der Waals surface area (Å²) in [5.74, 6) is 0.712. The number of hydrogen-bond donors (Lipinski definition) is 2. The van der Waals surface area contributed by atoms with E-state index in [-0.39, 0.29) is 5.66 Å². The highest BCUT2D eigenvalue weighted by atomic mass is 35.5. The maximum Gasteiger partial charge on any atom is 0.189 e. The number of methoxy groups -OCH3 is 1. The molecule has 92 valence electrons. The van der Waals surface area contributed by atoms with Crippen LogP contribution in [-0.4, -0.2) is 17.9 Å². The van der Waals surface area contributed by atoms with Crippen LogP contribution in [0, 0.1) is 0 Å². The van der Waals surface area contributed by atoms with E-state index < -0.39 is 0 Å². The average Bonchev–Trinajstić information content (AvgIpc) is 2.52. The first-order valence-corrected chi connectivity index (χ1v) is 5.95. The van der Waals surface area contributed by atoms with Crippen molar-refractivity contribution in [2.45, 2.75) is 19.5 Å². The minimum atomic E-state index is -0.287. The van der Waals surface area contributed by atoms with E-state index in [1.807, 2.05) is 26.0 Å². The van der Waals surface area contributed by atoms with E-state index in [2.05, 4.69) is 10.7 Å². The Labute approximate surface area is 111 Å². The first kappa shape index (κ1) is 12.4. The van der Waals surface area contributed by atoms with Gasteiger partial charge in [0, 0.05) is 5.02 Å². The fraction of sp³-hybridized carbons (Fsp3) is 0.364. The number of halogens is 1. The summed E-state index contributed by atoms with van der Waals surface area (Å²) < 4.78 is 5.30. The predicted octanol–water partition coefficient (Wildman–Crippen LogP) is 2.28. The Hall–Kier alpha value is -1.04. The van der Waals surface area contributed by atoms with Crippen molar-refractivity contribution in [3.05, 3.63) is 23.2 Å². The zero-order valence-electron chi connectivity index (χ0n) is 9.87. The van der Waals surface area contributed by atoms with Crippen LogP contribution in [0.3, 0.4) is 0 Å². The molecule has 0 aliphatic carbocycles. The van der Waals surface area contributed by atoms with E-state index in [1.54, 1.807) is 18.2 Å². The molecule has 0 bridgehead atoms. The third kappa shape index (κ3) is 2.46. The third-order valence-electron chi connectivity index (χ3n) is 2.40. The second kappa shape index (κ2) is 4.33. The number of nitrogens with one attached hydrogen (secondary N) is 2. The minimum Gasteiger partial charge on any atom is -0.495 e. The molecule has 2 rings (SSSR count). The lowest BCUT2D eigenvalue weighted by atomic mass is 10.3. The van der Waals surface area contributed by atoms with E-state index in [9.17, 15) is 0 Å². The molecular formula is C11H14ClN3OS. The number of thiocarbonyl (C=S) groups is 1. The molecule has 17 heavy (non-hydrogen) atoms. The molecule has 0 amide bonds. The molecule has 6 heteroatoms. The number of benzene rings is 1. The molecule has 2 N–H and O–H groups in total. The van der Waals surface area contributed by atoms with Gasteiger partial charge in [-0.25, -0.2) is 10.4 Å². The van der Waals surface area contributed by atoms with Crippen molar-refractivity contribution >= 4 is 34.6 Å². The molecule has 0 atom stereocenters. The zero-order chi connectivity index (χ0) is 12.6. The van der Waals surface area contributed by atoms with Crippen molar-refractivity contribution in [3.63, 3.8) is 0 Å². The highest BCUT2D eigenvalue weighted by Gasteiger charge is 2.33. The van der Waals surface area contributed by atoms with E-state index in [0.29, 0.717) is 15.9 Å². The molecule has 1 aliphatic heterocycles. The maximum atomic E-state index is 6.00. The van der Waals surface area contributed by atoms with Crippen molar-refractivity contribution in [2.24, 2.45) is 0 Å². The molecule has 0 saturated carbocycles. The molecule has 4 nitrogen and oxygen atoms in total. The molecule has 1 aromatic rings. The van der Waals surface area contributed by atoms with Crippen molar-refractivity contribution in [1.82, 2.24) is 10.7 Å². The number of rotatable bonds is 2. The Morgan fingerprint density at radius 1 is 1.41 bits per heavy atom. The SMILES string of the molecule is COc1ccc(Cl)cc1N1NC(C)(C)NC1=S. The highest BCUT2D eigenvalue weighted by molar-refractivity contribution is 7.80. The molecule has 0 unspecified atom stereocenters. The molecule has 1 fully saturated rings. The normalized spacial score (nSPS) is 18.1. The lowest BCUT2D eigenvalue weighted by molar-refractivity contribution is 0.401. The number of ether oxygens (including phenoxy) is 1. The van der Waals surface area contributed by atoms with E-state index in [1.165, 1.54) is 0 Å². The number of anilines is 1. The fourth-order valence-electron chi connectivity index (χ4n) is 1.69. The van der Waals surface area contributed by atoms with Gasteiger partial charge < -0.3 is 10.1 Å². The average molecular weight is 272 g/mol. The third-order valence-corrected chi connectivity index (χ3v) is 2.92. The number of nitrogens with zero attached hydrogens (tertiary/aromatic N) is 1. The summed E-state index contributed by atoms with van der Waals surface area (Å²) in [4.78, 5) is 0. The molecule has 1 aliphatic rings. The predicted molar refractivity (Wildman–Crippen MR) is 73.4 cm³/mol. The van der Waals surface area contributed by atoms with E-state index in [0.717, 1.165) is 5.69 Å². The van der Waals surface area contributed by atoms with Crippen LogP contribution in [0.25, 0.3) is 0 Å². The van der Waals surface area contributed by atoms with Gasteiger partial charge in [-0.3, -0.25) is 0 Å². The first-order valence-electron chi connectivity index (χ1n) is 5.16. The smallest absolute Gasteiger partial charge is 0.189 e. The molecule has 1 heterocycles. The van der Waals surface area contributed by atoms with Crippen molar-refractivity contribution in [1.29, 1.82) is 0 Å². The molecule has 0 spiro atoms. The van der Waals surface area contributed by atoms with Gasteiger partial charge in [0.25, 0.3) is 0 Å². The van der Waals surface area contributed by atoms with Gasteiger partial charge in [0.05, 0.1) is 7.11 Å². The summed E-state index contributed by atoms with van der Waals surface area (Å²) in [6, 6.07) is 5.40. The van der Waals surface area contributed by atoms with Crippen molar-refractivity contribution in [2.75, 3.05) is 12.1 Å². The van der Waals surface area contributed by atoms with Crippen LogP contribution in [-0.2, 0) is 0 Å². The topological polar surface area (TPSA) is 36.5 Å². The summed E-state index contributed by atoms with van der Waals surface area (Å²) in [6.45, 7) is 3.99. The Kier molecular flexibility index (Phi) is 3.16. The molecular weight excluding hydrogens is 258 g/mol. The van der Waals surface area contributed by atoms with Crippen molar-refractivity contribution < 1.29 is 4.74 Å². The van der Waals surface area contributed by atoms with Crippen LogP contribution >= 0.6 is 23.8 Å². The molecule has 1 saturated heterocycles. The van der Waals surface area contributed by atoms with E-state index in [4.69, 9.17) is 28.6 Å². The summed E-state index contributed by atoms with van der Waals surface area (Å²) in [7, 11) is 1.62. The fourth-order valence-corrected chi connectivity index (χ4v) is 2.25. The Bertz CT molecular complexity index is 464. The second-order valence-electron chi connectivity index (χ2n) is 4.32. The Morgan fingerprint density at radius 2 is 2.12 bits per heavy atom. The quantitative estimate of drug-likeness (QED) is 0.807. The van der Waals surface area contributed by atoms with Crippen LogP contribution in [0.15, 0.2) is 18.2 Å². The monoisotopic (exact) mass is 271 g/mol. The van der Waals surface area contributed by atoms with E-state index >= 15 is 0 Å². The van der Waals surface area contributed by atoms with Gasteiger partial charge in [-0.2, -0.15) is 0 Å². The Balaban J connectivity index is 2.40. The van der Waals surface area contributed by atoms with Gasteiger partial charge in [0.2, 0.25) is 0 Å². The van der Waals surface area contributed by atoms with Crippen LogP contribution in [0.5, 0.6) is 5.75 Å². The Morgan fingerprint density at radius 3 is 2.65 bits per heavy atom. The van der Waals surface area contributed by atoms with Crippen LogP contribution in [0.2, 0.25) is 5.02 Å². The second-order valence-corrected chi connectivity index (χ2v) is 5.14.